The van der Waals surface area contributed by atoms with Crippen LogP contribution in [0.15, 0.2) is 12.2 Å². The second kappa shape index (κ2) is 12.4. The van der Waals surface area contributed by atoms with E-state index in [4.69, 9.17) is 14.6 Å². The number of carbonyl (C=O) groups is 3. The van der Waals surface area contributed by atoms with E-state index in [1.807, 2.05) is 12.2 Å². The Balaban J connectivity index is 2.51. The van der Waals surface area contributed by atoms with Crippen LogP contribution in [0.1, 0.15) is 32.6 Å². The molecule has 25 heavy (non-hydrogen) atoms. The second-order valence-electron chi connectivity index (χ2n) is 5.93. The van der Waals surface area contributed by atoms with Crippen LogP contribution in [-0.4, -0.2) is 61.9 Å². The van der Waals surface area contributed by atoms with Crippen molar-refractivity contribution >= 4 is 17.8 Å². The van der Waals surface area contributed by atoms with Gasteiger partial charge in [-0.3, -0.25) is 14.4 Å². The Morgan fingerprint density at radius 3 is 2.96 bits per heavy atom. The van der Waals surface area contributed by atoms with Gasteiger partial charge in [-0.05, 0) is 19.8 Å². The van der Waals surface area contributed by atoms with Crippen molar-refractivity contribution in [1.82, 2.24) is 10.6 Å². The van der Waals surface area contributed by atoms with Crippen LogP contribution in [0.4, 0.5) is 0 Å². The molecule has 0 saturated heterocycles. The number of amides is 2. The molecule has 1 aliphatic heterocycles. The lowest BCUT2D eigenvalue weighted by molar-refractivity contribution is -0.145. The largest absolute Gasteiger partial charge is 0.463 e. The predicted octanol–water partition coefficient (Wildman–Crippen LogP) is -0.0942. The summed E-state index contributed by atoms with van der Waals surface area (Å²) < 4.78 is 10.1. The normalized spacial score (nSPS) is 22.3. The number of allylic oxidation sites excluding steroid dienone is 2. The smallest absolute Gasteiger partial charge is 0.306 e. The summed E-state index contributed by atoms with van der Waals surface area (Å²) in [5.74, 6) is -1.23. The average Bonchev–Trinajstić information content (AvgIpc) is 2.57. The zero-order chi connectivity index (χ0) is 18.5. The van der Waals surface area contributed by atoms with Crippen LogP contribution in [0.3, 0.4) is 0 Å². The van der Waals surface area contributed by atoms with Crippen molar-refractivity contribution in [2.75, 3.05) is 33.0 Å². The topological polar surface area (TPSA) is 114 Å². The molecular weight excluding hydrogens is 328 g/mol. The molecule has 2 unspecified atom stereocenters. The third-order valence-corrected chi connectivity index (χ3v) is 3.59. The number of hydrogen-bond acceptors (Lipinski definition) is 6. The van der Waals surface area contributed by atoms with E-state index in [2.05, 4.69) is 10.6 Å². The number of ether oxygens (including phenoxy) is 2. The van der Waals surface area contributed by atoms with Gasteiger partial charge in [-0.25, -0.2) is 0 Å². The Morgan fingerprint density at radius 2 is 2.20 bits per heavy atom. The van der Waals surface area contributed by atoms with Gasteiger partial charge in [-0.15, -0.1) is 0 Å². The van der Waals surface area contributed by atoms with Crippen molar-refractivity contribution < 1.29 is 29.0 Å². The first-order chi connectivity index (χ1) is 12.0. The fraction of sp³-hybridized carbons (Fsp3) is 0.706. The van der Waals surface area contributed by atoms with Gasteiger partial charge in [0.2, 0.25) is 11.8 Å². The number of aliphatic hydroxyl groups excluding tert-OH is 1. The van der Waals surface area contributed by atoms with Crippen molar-refractivity contribution in [2.45, 2.75) is 38.6 Å². The summed E-state index contributed by atoms with van der Waals surface area (Å²) in [5.41, 5.74) is 0. The van der Waals surface area contributed by atoms with Crippen molar-refractivity contribution in [3.8, 4) is 0 Å². The molecular formula is C17H28N2O6. The van der Waals surface area contributed by atoms with Gasteiger partial charge in [0.15, 0.2) is 0 Å². The van der Waals surface area contributed by atoms with E-state index in [-0.39, 0.29) is 50.1 Å². The van der Waals surface area contributed by atoms with Gasteiger partial charge in [-0.1, -0.05) is 12.2 Å². The Kier molecular flexibility index (Phi) is 10.5. The number of aliphatic hydroxyl groups is 1. The first-order valence-electron chi connectivity index (χ1n) is 8.59. The molecule has 3 N–H and O–H groups in total. The first-order valence-corrected chi connectivity index (χ1v) is 8.59. The van der Waals surface area contributed by atoms with Gasteiger partial charge >= 0.3 is 5.97 Å². The van der Waals surface area contributed by atoms with E-state index in [9.17, 15) is 14.4 Å². The highest BCUT2D eigenvalue weighted by atomic mass is 16.5. The van der Waals surface area contributed by atoms with Crippen LogP contribution in [-0.2, 0) is 23.9 Å². The number of nitrogens with one attached hydrogen (secondary N) is 2. The molecule has 0 bridgehead atoms. The molecule has 0 aromatic heterocycles. The summed E-state index contributed by atoms with van der Waals surface area (Å²) in [6.07, 6.45) is 5.01. The van der Waals surface area contributed by atoms with Crippen LogP contribution in [0, 0.1) is 5.92 Å². The van der Waals surface area contributed by atoms with Crippen molar-refractivity contribution in [2.24, 2.45) is 5.92 Å². The number of esters is 1. The number of cyclic esters (lactones) is 1. The molecule has 1 aliphatic rings. The molecule has 1 heterocycles. The Labute approximate surface area is 147 Å². The lowest BCUT2D eigenvalue weighted by atomic mass is 9.98. The fourth-order valence-corrected chi connectivity index (χ4v) is 2.28. The molecule has 0 spiro atoms. The van der Waals surface area contributed by atoms with E-state index < -0.39 is 5.92 Å². The predicted molar refractivity (Wildman–Crippen MR) is 90.6 cm³/mol. The summed E-state index contributed by atoms with van der Waals surface area (Å²) in [5, 5.41) is 14.1. The lowest BCUT2D eigenvalue weighted by Gasteiger charge is -2.20. The third kappa shape index (κ3) is 9.83. The first kappa shape index (κ1) is 21.1. The van der Waals surface area contributed by atoms with Crippen molar-refractivity contribution in [3.05, 3.63) is 12.2 Å². The molecule has 8 heteroatoms. The fourth-order valence-electron chi connectivity index (χ4n) is 2.28. The highest BCUT2D eigenvalue weighted by Gasteiger charge is 2.22. The maximum Gasteiger partial charge on any atom is 0.306 e. The summed E-state index contributed by atoms with van der Waals surface area (Å²) in [7, 11) is 0. The number of hydrogen-bond donors (Lipinski definition) is 3. The number of rotatable bonds is 7. The van der Waals surface area contributed by atoms with Crippen LogP contribution in [0.5, 0.6) is 0 Å². The zero-order valence-corrected chi connectivity index (χ0v) is 14.7. The van der Waals surface area contributed by atoms with Gasteiger partial charge in [-0.2, -0.15) is 0 Å². The molecule has 0 aromatic rings. The molecule has 142 valence electrons. The van der Waals surface area contributed by atoms with Crippen LogP contribution >= 0.6 is 0 Å². The standard InChI is InChI=1S/C17H28N2O6/c1-13-12-25-16(22)6-4-2-3-5-14(17(23)19-13)11-15(21)18-7-9-24-10-8-20/h2-3,13-14,20H,4-12H2,1H3,(H,18,21)(H,19,23). The molecule has 1 rings (SSSR count). The molecule has 2 atom stereocenters. The van der Waals surface area contributed by atoms with E-state index in [0.29, 0.717) is 32.4 Å². The van der Waals surface area contributed by atoms with E-state index in [1.165, 1.54) is 0 Å². The summed E-state index contributed by atoms with van der Waals surface area (Å²) in [6, 6.07) is -0.308. The summed E-state index contributed by atoms with van der Waals surface area (Å²) in [4.78, 5) is 35.8. The second-order valence-corrected chi connectivity index (χ2v) is 5.93. The van der Waals surface area contributed by atoms with Crippen LogP contribution < -0.4 is 10.6 Å². The van der Waals surface area contributed by atoms with E-state index in [1.54, 1.807) is 6.92 Å². The zero-order valence-electron chi connectivity index (χ0n) is 14.7. The molecule has 0 aromatic carbocycles. The minimum Gasteiger partial charge on any atom is -0.463 e. The van der Waals surface area contributed by atoms with Gasteiger partial charge in [0, 0.05) is 19.4 Å². The van der Waals surface area contributed by atoms with Crippen molar-refractivity contribution in [3.63, 3.8) is 0 Å². The minimum absolute atomic E-state index is 0.0595. The minimum atomic E-state index is -0.479. The van der Waals surface area contributed by atoms with Gasteiger partial charge in [0.05, 0.1) is 31.8 Å². The van der Waals surface area contributed by atoms with Crippen molar-refractivity contribution in [1.29, 1.82) is 0 Å². The molecule has 8 nitrogen and oxygen atoms in total. The number of carbonyl (C=O) groups excluding carboxylic acids is 3. The highest BCUT2D eigenvalue weighted by Crippen LogP contribution is 2.12. The van der Waals surface area contributed by atoms with Gasteiger partial charge < -0.3 is 25.2 Å². The molecule has 2 amide bonds. The van der Waals surface area contributed by atoms with Crippen LogP contribution in [0.25, 0.3) is 0 Å². The van der Waals surface area contributed by atoms with Crippen LogP contribution in [0.2, 0.25) is 0 Å². The third-order valence-electron chi connectivity index (χ3n) is 3.59. The Hall–Kier alpha value is -1.93. The van der Waals surface area contributed by atoms with E-state index >= 15 is 0 Å². The monoisotopic (exact) mass is 356 g/mol. The highest BCUT2D eigenvalue weighted by molar-refractivity contribution is 5.86. The summed E-state index contributed by atoms with van der Waals surface area (Å²) in [6.45, 7) is 2.68. The molecule has 0 aliphatic carbocycles. The SMILES string of the molecule is CC1COC(=O)CCC=CCC(CC(=O)NCCOCCO)C(=O)N1. The maximum absolute atomic E-state index is 12.4. The average molecular weight is 356 g/mol. The molecule has 0 fully saturated rings. The molecule has 0 radical (unpaired) electrons. The van der Waals surface area contributed by atoms with Gasteiger partial charge in [0.1, 0.15) is 6.61 Å². The Bertz CT molecular complexity index is 466. The summed E-state index contributed by atoms with van der Waals surface area (Å²) >= 11 is 0. The van der Waals surface area contributed by atoms with E-state index in [0.717, 1.165) is 0 Å². The Morgan fingerprint density at radius 1 is 1.40 bits per heavy atom. The maximum atomic E-state index is 12.4. The molecule has 0 saturated carbocycles. The van der Waals surface area contributed by atoms with Gasteiger partial charge in [0.25, 0.3) is 0 Å². The lowest BCUT2D eigenvalue weighted by Crippen LogP contribution is -2.42. The quantitative estimate of drug-likeness (QED) is 0.334.